The first kappa shape index (κ1) is 17.7. The maximum absolute atomic E-state index is 12.0. The number of benzene rings is 2. The summed E-state index contributed by atoms with van der Waals surface area (Å²) >= 11 is 0. The van der Waals surface area contributed by atoms with Crippen LogP contribution in [0.3, 0.4) is 0 Å². The van der Waals surface area contributed by atoms with Gasteiger partial charge in [0.2, 0.25) is 12.7 Å². The van der Waals surface area contributed by atoms with Crippen LogP contribution in [-0.4, -0.2) is 36.6 Å². The first-order chi connectivity index (χ1) is 13.7. The lowest BCUT2D eigenvalue weighted by Crippen LogP contribution is -2.20. The smallest absolute Gasteiger partial charge is 0.322 e. The van der Waals surface area contributed by atoms with E-state index in [1.54, 1.807) is 18.2 Å². The van der Waals surface area contributed by atoms with Crippen LogP contribution in [0.25, 0.3) is 0 Å². The van der Waals surface area contributed by atoms with Gasteiger partial charge in [-0.15, -0.1) is 5.10 Å². The second-order valence-electron chi connectivity index (χ2n) is 5.85. The van der Waals surface area contributed by atoms with E-state index in [0.29, 0.717) is 35.3 Å². The van der Waals surface area contributed by atoms with Gasteiger partial charge < -0.3 is 23.4 Å². The zero-order chi connectivity index (χ0) is 19.3. The molecule has 144 valence electrons. The van der Waals surface area contributed by atoms with Gasteiger partial charge in [-0.3, -0.25) is 10.1 Å². The number of ether oxygens (including phenoxy) is 4. The Kier molecular flexibility index (Phi) is 4.96. The summed E-state index contributed by atoms with van der Waals surface area (Å²) in [6, 6.07) is 12.6. The fourth-order valence-electron chi connectivity index (χ4n) is 2.64. The predicted molar refractivity (Wildman–Crippen MR) is 96.8 cm³/mol. The highest BCUT2D eigenvalue weighted by molar-refractivity contribution is 5.89. The number of anilines is 1. The highest BCUT2D eigenvalue weighted by Crippen LogP contribution is 2.33. The largest absolute Gasteiger partial charge is 0.493 e. The van der Waals surface area contributed by atoms with Crippen LogP contribution in [0, 0.1) is 0 Å². The first-order valence-corrected chi connectivity index (χ1v) is 8.48. The van der Waals surface area contributed by atoms with E-state index in [4.69, 9.17) is 23.4 Å². The van der Waals surface area contributed by atoms with Crippen LogP contribution in [-0.2, 0) is 11.2 Å². The third-order valence-electron chi connectivity index (χ3n) is 3.93. The van der Waals surface area contributed by atoms with Gasteiger partial charge in [0, 0.05) is 0 Å². The van der Waals surface area contributed by atoms with Crippen molar-refractivity contribution in [2.24, 2.45) is 0 Å². The summed E-state index contributed by atoms with van der Waals surface area (Å²) in [6.45, 7) is -0.00724. The van der Waals surface area contributed by atoms with Gasteiger partial charge in [0.1, 0.15) is 0 Å². The van der Waals surface area contributed by atoms with Crippen LogP contribution in [0.4, 0.5) is 6.01 Å². The number of hydrogen-bond acceptors (Lipinski definition) is 8. The van der Waals surface area contributed by atoms with E-state index in [0.717, 1.165) is 5.56 Å². The van der Waals surface area contributed by atoms with E-state index in [-0.39, 0.29) is 19.4 Å². The van der Waals surface area contributed by atoms with Gasteiger partial charge in [0.15, 0.2) is 29.6 Å². The summed E-state index contributed by atoms with van der Waals surface area (Å²) in [5.74, 6) is 2.33. The molecule has 1 N–H and O–H groups in total. The Morgan fingerprint density at radius 2 is 1.93 bits per heavy atom. The quantitative estimate of drug-likeness (QED) is 0.663. The zero-order valence-electron chi connectivity index (χ0n) is 15.0. The van der Waals surface area contributed by atoms with Crippen molar-refractivity contribution in [3.05, 3.63) is 53.9 Å². The van der Waals surface area contributed by atoms with Crippen molar-refractivity contribution in [3.63, 3.8) is 0 Å². The van der Waals surface area contributed by atoms with Crippen molar-refractivity contribution in [1.29, 1.82) is 0 Å². The Bertz CT molecular complexity index is 987. The molecular weight excluding hydrogens is 366 g/mol. The average molecular weight is 383 g/mol. The number of fused-ring (bicyclic) bond motifs is 1. The molecule has 0 unspecified atom stereocenters. The molecule has 4 rings (SSSR count). The lowest BCUT2D eigenvalue weighted by molar-refractivity contribution is -0.118. The summed E-state index contributed by atoms with van der Waals surface area (Å²) in [6.07, 6.45) is 0.400. The fraction of sp³-hybridized carbons (Fsp3) is 0.211. The zero-order valence-corrected chi connectivity index (χ0v) is 15.0. The van der Waals surface area contributed by atoms with Crippen LogP contribution >= 0.6 is 0 Å². The first-order valence-electron chi connectivity index (χ1n) is 8.48. The standard InChI is InChI=1S/C19H17N3O6/c1-24-13-4-2-3-5-14(13)25-10-17(23)20-19-22-21-18(28-19)9-12-6-7-15-16(8-12)27-11-26-15/h2-8H,9-11H2,1H3,(H,20,22,23). The van der Waals surface area contributed by atoms with Gasteiger partial charge in [-0.05, 0) is 29.8 Å². The molecule has 0 saturated heterocycles. The summed E-state index contributed by atoms with van der Waals surface area (Å²) in [5, 5.41) is 10.3. The number of aromatic nitrogens is 2. The summed E-state index contributed by atoms with van der Waals surface area (Å²) in [4.78, 5) is 12.0. The summed E-state index contributed by atoms with van der Waals surface area (Å²) < 4.78 is 26.7. The Hall–Kier alpha value is -3.75. The van der Waals surface area contributed by atoms with Crippen LogP contribution in [0.2, 0.25) is 0 Å². The number of carbonyl (C=O) groups excluding carboxylic acids is 1. The number of amides is 1. The van der Waals surface area contributed by atoms with Crippen LogP contribution in [0.1, 0.15) is 11.5 Å². The molecule has 0 radical (unpaired) electrons. The van der Waals surface area contributed by atoms with Gasteiger partial charge in [0.25, 0.3) is 5.91 Å². The number of nitrogens with one attached hydrogen (secondary N) is 1. The molecule has 1 aromatic heterocycles. The molecule has 0 aliphatic carbocycles. The molecule has 0 fully saturated rings. The molecule has 1 aliphatic rings. The van der Waals surface area contributed by atoms with Crippen molar-refractivity contribution in [2.75, 3.05) is 25.8 Å². The van der Waals surface area contributed by atoms with Crippen molar-refractivity contribution < 1.29 is 28.2 Å². The monoisotopic (exact) mass is 383 g/mol. The lowest BCUT2D eigenvalue weighted by Gasteiger charge is -2.09. The van der Waals surface area contributed by atoms with E-state index in [2.05, 4.69) is 15.5 Å². The lowest BCUT2D eigenvalue weighted by atomic mass is 10.1. The van der Waals surface area contributed by atoms with Crippen molar-refractivity contribution in [2.45, 2.75) is 6.42 Å². The molecule has 28 heavy (non-hydrogen) atoms. The average Bonchev–Trinajstić information content (AvgIpc) is 3.35. The van der Waals surface area contributed by atoms with E-state index < -0.39 is 5.91 Å². The van der Waals surface area contributed by atoms with E-state index >= 15 is 0 Å². The Morgan fingerprint density at radius 1 is 1.11 bits per heavy atom. The van der Waals surface area contributed by atoms with Gasteiger partial charge in [0.05, 0.1) is 13.5 Å². The second kappa shape index (κ2) is 7.87. The molecule has 2 aromatic carbocycles. The minimum atomic E-state index is -0.427. The van der Waals surface area contributed by atoms with E-state index in [1.165, 1.54) is 7.11 Å². The molecular formula is C19H17N3O6. The normalized spacial score (nSPS) is 11.9. The maximum Gasteiger partial charge on any atom is 0.322 e. The highest BCUT2D eigenvalue weighted by atomic mass is 16.7. The summed E-state index contributed by atoms with van der Waals surface area (Å²) in [5.41, 5.74) is 0.922. The van der Waals surface area contributed by atoms with Crippen LogP contribution in [0.15, 0.2) is 46.9 Å². The number of hydrogen-bond donors (Lipinski definition) is 1. The third-order valence-corrected chi connectivity index (χ3v) is 3.93. The topological polar surface area (TPSA) is 105 Å². The minimum Gasteiger partial charge on any atom is -0.493 e. The number of rotatable bonds is 7. The maximum atomic E-state index is 12.0. The van der Waals surface area contributed by atoms with E-state index in [9.17, 15) is 4.79 Å². The highest BCUT2D eigenvalue weighted by Gasteiger charge is 2.16. The van der Waals surface area contributed by atoms with E-state index in [1.807, 2.05) is 24.3 Å². The molecule has 0 atom stereocenters. The number of para-hydroxylation sites is 2. The van der Waals surface area contributed by atoms with Crippen LogP contribution < -0.4 is 24.3 Å². The molecule has 1 amide bonds. The van der Waals surface area contributed by atoms with Gasteiger partial charge >= 0.3 is 6.01 Å². The molecule has 9 heteroatoms. The van der Waals surface area contributed by atoms with Gasteiger partial charge in [-0.25, -0.2) is 0 Å². The number of carbonyl (C=O) groups is 1. The SMILES string of the molecule is COc1ccccc1OCC(=O)Nc1nnc(Cc2ccc3c(c2)OCO3)o1. The van der Waals surface area contributed by atoms with Crippen molar-refractivity contribution in [1.82, 2.24) is 10.2 Å². The fourth-order valence-corrected chi connectivity index (χ4v) is 2.64. The molecule has 1 aliphatic heterocycles. The van der Waals surface area contributed by atoms with Gasteiger partial charge in [-0.1, -0.05) is 23.3 Å². The summed E-state index contributed by atoms with van der Waals surface area (Å²) in [7, 11) is 1.53. The Morgan fingerprint density at radius 3 is 2.79 bits per heavy atom. The Labute approximate surface area is 160 Å². The molecule has 0 saturated carbocycles. The second-order valence-corrected chi connectivity index (χ2v) is 5.85. The molecule has 9 nitrogen and oxygen atoms in total. The van der Waals surface area contributed by atoms with Crippen LogP contribution in [0.5, 0.6) is 23.0 Å². The van der Waals surface area contributed by atoms with Gasteiger partial charge in [-0.2, -0.15) is 0 Å². The number of nitrogens with zero attached hydrogens (tertiary/aromatic N) is 2. The molecule has 3 aromatic rings. The Balaban J connectivity index is 1.32. The molecule has 0 spiro atoms. The minimum absolute atomic E-state index is 0.00405. The molecule has 0 bridgehead atoms. The third kappa shape index (κ3) is 3.98. The molecule has 2 heterocycles. The van der Waals surface area contributed by atoms with Crippen molar-refractivity contribution in [3.8, 4) is 23.0 Å². The predicted octanol–water partition coefficient (Wildman–Crippen LogP) is 2.42. The van der Waals surface area contributed by atoms with Crippen molar-refractivity contribution >= 4 is 11.9 Å². The number of methoxy groups -OCH3 is 1.